The van der Waals surface area contributed by atoms with Crippen LogP contribution in [0, 0.1) is 0 Å². The molecule has 2 aromatic rings. The Hall–Kier alpha value is -3.03. The summed E-state index contributed by atoms with van der Waals surface area (Å²) in [7, 11) is 0. The SMILES string of the molecule is CCC(=O)Nc1ccc(NC(=O)CNc2cccc(C(F)(F)F)c2)cc1. The van der Waals surface area contributed by atoms with Crippen LogP contribution in [0.5, 0.6) is 0 Å². The fraction of sp³-hybridized carbons (Fsp3) is 0.222. The average Bonchev–Trinajstić information content (AvgIpc) is 2.61. The minimum atomic E-state index is -4.44. The molecule has 0 fully saturated rings. The first-order valence-corrected chi connectivity index (χ1v) is 7.89. The van der Waals surface area contributed by atoms with E-state index in [-0.39, 0.29) is 18.1 Å². The number of hydrogen-bond acceptors (Lipinski definition) is 3. The van der Waals surface area contributed by atoms with E-state index in [0.29, 0.717) is 17.8 Å². The molecule has 26 heavy (non-hydrogen) atoms. The van der Waals surface area contributed by atoms with E-state index in [2.05, 4.69) is 16.0 Å². The van der Waals surface area contributed by atoms with E-state index in [1.165, 1.54) is 12.1 Å². The van der Waals surface area contributed by atoms with Gasteiger partial charge < -0.3 is 16.0 Å². The molecule has 0 atom stereocenters. The molecule has 2 rings (SSSR count). The number of amides is 2. The Morgan fingerprint density at radius 1 is 0.885 bits per heavy atom. The Kier molecular flexibility index (Phi) is 6.21. The van der Waals surface area contributed by atoms with Crippen molar-refractivity contribution in [3.8, 4) is 0 Å². The maximum atomic E-state index is 12.7. The second-order valence-corrected chi connectivity index (χ2v) is 5.46. The molecule has 0 aromatic heterocycles. The third kappa shape index (κ3) is 5.80. The van der Waals surface area contributed by atoms with Crippen molar-refractivity contribution in [3.63, 3.8) is 0 Å². The third-order valence-electron chi connectivity index (χ3n) is 3.42. The molecule has 0 aliphatic carbocycles. The van der Waals surface area contributed by atoms with Crippen LogP contribution >= 0.6 is 0 Å². The fourth-order valence-electron chi connectivity index (χ4n) is 2.08. The molecule has 2 amide bonds. The molecule has 0 saturated carbocycles. The average molecular weight is 365 g/mol. The summed E-state index contributed by atoms with van der Waals surface area (Å²) in [6, 6.07) is 11.1. The summed E-state index contributed by atoms with van der Waals surface area (Å²) in [5.41, 5.74) is 0.535. The van der Waals surface area contributed by atoms with E-state index < -0.39 is 17.6 Å². The maximum absolute atomic E-state index is 12.7. The molecule has 0 bridgehead atoms. The van der Waals surface area contributed by atoms with Crippen LogP contribution in [0.3, 0.4) is 0 Å². The molecule has 2 aromatic carbocycles. The molecule has 8 heteroatoms. The molecule has 0 heterocycles. The lowest BCUT2D eigenvalue weighted by molar-refractivity contribution is -0.137. The Morgan fingerprint density at radius 2 is 1.46 bits per heavy atom. The number of nitrogens with one attached hydrogen (secondary N) is 3. The number of alkyl halides is 3. The summed E-state index contributed by atoms with van der Waals surface area (Å²) in [5.74, 6) is -0.528. The van der Waals surface area contributed by atoms with Crippen molar-refractivity contribution < 1.29 is 22.8 Å². The predicted octanol–water partition coefficient (Wildman–Crippen LogP) is 4.10. The molecule has 0 saturated heterocycles. The predicted molar refractivity (Wildman–Crippen MR) is 93.9 cm³/mol. The first kappa shape index (κ1) is 19.3. The summed E-state index contributed by atoms with van der Waals surface area (Å²) in [6.45, 7) is 1.55. The van der Waals surface area contributed by atoms with Crippen molar-refractivity contribution in [2.75, 3.05) is 22.5 Å². The highest BCUT2D eigenvalue weighted by Crippen LogP contribution is 2.30. The van der Waals surface area contributed by atoms with E-state index >= 15 is 0 Å². The van der Waals surface area contributed by atoms with E-state index in [9.17, 15) is 22.8 Å². The molecule has 138 valence electrons. The molecule has 0 aliphatic rings. The van der Waals surface area contributed by atoms with Gasteiger partial charge in [0, 0.05) is 23.5 Å². The monoisotopic (exact) mass is 365 g/mol. The number of halogens is 3. The van der Waals surface area contributed by atoms with Crippen LogP contribution in [0.25, 0.3) is 0 Å². The lowest BCUT2D eigenvalue weighted by Gasteiger charge is -2.11. The van der Waals surface area contributed by atoms with Gasteiger partial charge in [0.25, 0.3) is 0 Å². The van der Waals surface area contributed by atoms with Crippen LogP contribution in [-0.4, -0.2) is 18.4 Å². The van der Waals surface area contributed by atoms with Gasteiger partial charge in [0.05, 0.1) is 12.1 Å². The minimum absolute atomic E-state index is 0.118. The molecule has 5 nitrogen and oxygen atoms in total. The molecule has 0 aliphatic heterocycles. The number of carbonyl (C=O) groups is 2. The van der Waals surface area contributed by atoms with Gasteiger partial charge in [-0.2, -0.15) is 13.2 Å². The Labute approximate surface area is 148 Å². The standard InChI is InChI=1S/C18H18F3N3O2/c1-2-16(25)23-13-6-8-14(9-7-13)24-17(26)11-22-15-5-3-4-12(10-15)18(19,20)21/h3-10,22H,2,11H2,1H3,(H,23,25)(H,24,26). The van der Waals surface area contributed by atoms with Crippen molar-refractivity contribution in [2.45, 2.75) is 19.5 Å². The van der Waals surface area contributed by atoms with Gasteiger partial charge in [-0.3, -0.25) is 9.59 Å². The van der Waals surface area contributed by atoms with Gasteiger partial charge in [-0.1, -0.05) is 13.0 Å². The van der Waals surface area contributed by atoms with Gasteiger partial charge in [0.1, 0.15) is 0 Å². The minimum Gasteiger partial charge on any atom is -0.376 e. The van der Waals surface area contributed by atoms with E-state index in [4.69, 9.17) is 0 Å². The number of carbonyl (C=O) groups excluding carboxylic acids is 2. The second-order valence-electron chi connectivity index (χ2n) is 5.46. The molecule has 3 N–H and O–H groups in total. The Balaban J connectivity index is 1.88. The van der Waals surface area contributed by atoms with E-state index in [1.807, 2.05) is 0 Å². The van der Waals surface area contributed by atoms with Crippen molar-refractivity contribution in [2.24, 2.45) is 0 Å². The molecular weight excluding hydrogens is 347 g/mol. The van der Waals surface area contributed by atoms with Crippen LogP contribution < -0.4 is 16.0 Å². The molecule has 0 spiro atoms. The first-order valence-electron chi connectivity index (χ1n) is 7.89. The summed E-state index contributed by atoms with van der Waals surface area (Å²) in [6.07, 6.45) is -4.07. The van der Waals surface area contributed by atoms with Gasteiger partial charge in [0.2, 0.25) is 11.8 Å². The zero-order valence-electron chi connectivity index (χ0n) is 14.0. The van der Waals surface area contributed by atoms with Crippen LogP contribution in [0.2, 0.25) is 0 Å². The van der Waals surface area contributed by atoms with E-state index in [1.54, 1.807) is 31.2 Å². The first-order chi connectivity index (χ1) is 12.3. The summed E-state index contributed by atoms with van der Waals surface area (Å²) < 4.78 is 38.0. The summed E-state index contributed by atoms with van der Waals surface area (Å²) >= 11 is 0. The number of benzene rings is 2. The Morgan fingerprint density at radius 3 is 2.00 bits per heavy atom. The molecule has 0 radical (unpaired) electrons. The van der Waals surface area contributed by atoms with Crippen LogP contribution in [0.4, 0.5) is 30.2 Å². The zero-order chi connectivity index (χ0) is 19.2. The highest BCUT2D eigenvalue weighted by Gasteiger charge is 2.30. The van der Waals surface area contributed by atoms with Crippen LogP contribution in [0.15, 0.2) is 48.5 Å². The van der Waals surface area contributed by atoms with Crippen molar-refractivity contribution >= 4 is 28.9 Å². The van der Waals surface area contributed by atoms with Gasteiger partial charge in [-0.25, -0.2) is 0 Å². The smallest absolute Gasteiger partial charge is 0.376 e. The molecular formula is C18H18F3N3O2. The maximum Gasteiger partial charge on any atom is 0.416 e. The van der Waals surface area contributed by atoms with Crippen molar-refractivity contribution in [1.29, 1.82) is 0 Å². The van der Waals surface area contributed by atoms with Gasteiger partial charge >= 0.3 is 6.18 Å². The second kappa shape index (κ2) is 8.37. The third-order valence-corrected chi connectivity index (χ3v) is 3.42. The van der Waals surface area contributed by atoms with Crippen molar-refractivity contribution in [1.82, 2.24) is 0 Å². The highest BCUT2D eigenvalue weighted by atomic mass is 19.4. The number of anilines is 3. The molecule has 0 unspecified atom stereocenters. The zero-order valence-corrected chi connectivity index (χ0v) is 14.0. The van der Waals surface area contributed by atoms with Gasteiger partial charge in [-0.15, -0.1) is 0 Å². The number of rotatable bonds is 6. The lowest BCUT2D eigenvalue weighted by atomic mass is 10.2. The normalized spacial score (nSPS) is 10.9. The highest BCUT2D eigenvalue weighted by molar-refractivity contribution is 5.94. The Bertz CT molecular complexity index is 774. The fourth-order valence-corrected chi connectivity index (χ4v) is 2.08. The van der Waals surface area contributed by atoms with Gasteiger partial charge in [0.15, 0.2) is 0 Å². The number of hydrogen-bond donors (Lipinski definition) is 3. The van der Waals surface area contributed by atoms with Gasteiger partial charge in [-0.05, 0) is 42.5 Å². The van der Waals surface area contributed by atoms with Crippen LogP contribution in [-0.2, 0) is 15.8 Å². The largest absolute Gasteiger partial charge is 0.416 e. The van der Waals surface area contributed by atoms with E-state index in [0.717, 1.165) is 12.1 Å². The lowest BCUT2D eigenvalue weighted by Crippen LogP contribution is -2.22. The summed E-state index contributed by atoms with van der Waals surface area (Å²) in [4.78, 5) is 23.2. The van der Waals surface area contributed by atoms with Crippen LogP contribution in [0.1, 0.15) is 18.9 Å². The summed E-state index contributed by atoms with van der Waals surface area (Å²) in [5, 5.41) is 7.95. The topological polar surface area (TPSA) is 70.2 Å². The quantitative estimate of drug-likeness (QED) is 0.722. The van der Waals surface area contributed by atoms with Crippen molar-refractivity contribution in [3.05, 3.63) is 54.1 Å².